The zero-order valence-corrected chi connectivity index (χ0v) is 12.8. The molecule has 0 aromatic carbocycles. The molecule has 3 heteroatoms. The van der Waals surface area contributed by atoms with Gasteiger partial charge in [0, 0.05) is 6.61 Å². The van der Waals surface area contributed by atoms with Crippen LogP contribution < -0.4 is 0 Å². The Bertz CT molecular complexity index is 339. The molecule has 0 radical (unpaired) electrons. The van der Waals surface area contributed by atoms with Gasteiger partial charge in [-0.25, -0.2) is 0 Å². The topological polar surface area (TPSA) is 35.5 Å². The average Bonchev–Trinajstić information content (AvgIpc) is 2.98. The zero-order valence-electron chi connectivity index (χ0n) is 12.8. The number of carbonyl (C=O) groups excluding carboxylic acids is 1. The molecule has 3 unspecified atom stereocenters. The molecule has 19 heavy (non-hydrogen) atoms. The SMILES string of the molecule is CC(C)COCCOC(=O)C1(C)CCC2(C)CC2C1. The summed E-state index contributed by atoms with van der Waals surface area (Å²) in [5.74, 6) is 1.25. The molecular formula is C16H28O3. The van der Waals surface area contributed by atoms with E-state index in [1.165, 1.54) is 12.8 Å². The van der Waals surface area contributed by atoms with E-state index < -0.39 is 0 Å². The Morgan fingerprint density at radius 1 is 1.21 bits per heavy atom. The lowest BCUT2D eigenvalue weighted by molar-refractivity contribution is -0.159. The van der Waals surface area contributed by atoms with Gasteiger partial charge in [0.2, 0.25) is 0 Å². The Morgan fingerprint density at radius 2 is 1.95 bits per heavy atom. The minimum atomic E-state index is -0.251. The van der Waals surface area contributed by atoms with Gasteiger partial charge < -0.3 is 9.47 Å². The molecule has 0 aliphatic heterocycles. The third-order valence-corrected chi connectivity index (χ3v) is 4.89. The Labute approximate surface area is 117 Å². The quantitative estimate of drug-likeness (QED) is 0.547. The molecule has 3 nitrogen and oxygen atoms in total. The third kappa shape index (κ3) is 3.50. The van der Waals surface area contributed by atoms with E-state index in [2.05, 4.69) is 27.7 Å². The lowest BCUT2D eigenvalue weighted by Gasteiger charge is -2.33. The van der Waals surface area contributed by atoms with Crippen LogP contribution >= 0.6 is 0 Å². The summed E-state index contributed by atoms with van der Waals surface area (Å²) >= 11 is 0. The van der Waals surface area contributed by atoms with Crippen molar-refractivity contribution in [2.24, 2.45) is 22.7 Å². The smallest absolute Gasteiger partial charge is 0.311 e. The maximum atomic E-state index is 12.2. The Kier molecular flexibility index (Phi) is 4.24. The van der Waals surface area contributed by atoms with Gasteiger partial charge >= 0.3 is 5.97 Å². The molecule has 0 aromatic heterocycles. The van der Waals surface area contributed by atoms with Gasteiger partial charge in [-0.3, -0.25) is 4.79 Å². The van der Waals surface area contributed by atoms with Crippen LogP contribution in [0, 0.1) is 22.7 Å². The van der Waals surface area contributed by atoms with Crippen molar-refractivity contribution in [1.82, 2.24) is 0 Å². The van der Waals surface area contributed by atoms with Crippen LogP contribution in [0.5, 0.6) is 0 Å². The van der Waals surface area contributed by atoms with E-state index in [4.69, 9.17) is 9.47 Å². The standard InChI is InChI=1S/C16H28O3/c1-12(2)11-18-7-8-19-14(17)16(4)6-5-15(3)9-13(15)10-16/h12-13H,5-11H2,1-4H3. The first-order chi connectivity index (χ1) is 8.86. The highest BCUT2D eigenvalue weighted by Crippen LogP contribution is 2.65. The van der Waals surface area contributed by atoms with Crippen LogP contribution in [0.4, 0.5) is 0 Å². The first-order valence-corrected chi connectivity index (χ1v) is 7.61. The van der Waals surface area contributed by atoms with Crippen molar-refractivity contribution in [2.75, 3.05) is 19.8 Å². The number of hydrogen-bond donors (Lipinski definition) is 0. The molecule has 0 saturated heterocycles. The van der Waals surface area contributed by atoms with Crippen molar-refractivity contribution >= 4 is 5.97 Å². The third-order valence-electron chi connectivity index (χ3n) is 4.89. The first-order valence-electron chi connectivity index (χ1n) is 7.61. The van der Waals surface area contributed by atoms with Crippen molar-refractivity contribution in [3.05, 3.63) is 0 Å². The van der Waals surface area contributed by atoms with Crippen LogP contribution in [0.25, 0.3) is 0 Å². The number of rotatable bonds is 6. The van der Waals surface area contributed by atoms with Crippen LogP contribution in [-0.4, -0.2) is 25.8 Å². The molecular weight excluding hydrogens is 240 g/mol. The van der Waals surface area contributed by atoms with Gasteiger partial charge in [-0.15, -0.1) is 0 Å². The minimum absolute atomic E-state index is 0.0189. The number of hydrogen-bond acceptors (Lipinski definition) is 3. The second kappa shape index (κ2) is 5.43. The van der Waals surface area contributed by atoms with E-state index in [-0.39, 0.29) is 11.4 Å². The predicted octanol–water partition coefficient (Wildman–Crippen LogP) is 3.42. The van der Waals surface area contributed by atoms with Crippen LogP contribution in [0.3, 0.4) is 0 Å². The van der Waals surface area contributed by atoms with Crippen molar-refractivity contribution in [3.63, 3.8) is 0 Å². The highest BCUT2D eigenvalue weighted by Gasteiger charge is 2.58. The van der Waals surface area contributed by atoms with Gasteiger partial charge in [-0.2, -0.15) is 0 Å². The normalized spacial score (nSPS) is 37.0. The van der Waals surface area contributed by atoms with Crippen LogP contribution in [-0.2, 0) is 14.3 Å². The lowest BCUT2D eigenvalue weighted by Crippen LogP contribution is -2.35. The Hall–Kier alpha value is -0.570. The molecule has 0 spiro atoms. The van der Waals surface area contributed by atoms with Gasteiger partial charge in [0.05, 0.1) is 12.0 Å². The fraction of sp³-hybridized carbons (Fsp3) is 0.938. The number of carbonyl (C=O) groups is 1. The molecule has 0 N–H and O–H groups in total. The van der Waals surface area contributed by atoms with E-state index in [1.54, 1.807) is 0 Å². The number of esters is 1. The fourth-order valence-corrected chi connectivity index (χ4v) is 3.21. The van der Waals surface area contributed by atoms with Crippen molar-refractivity contribution in [3.8, 4) is 0 Å². The largest absolute Gasteiger partial charge is 0.463 e. The van der Waals surface area contributed by atoms with Gasteiger partial charge in [-0.1, -0.05) is 20.8 Å². The highest BCUT2D eigenvalue weighted by atomic mass is 16.6. The molecule has 2 aliphatic rings. The summed E-state index contributed by atoms with van der Waals surface area (Å²) in [5.41, 5.74) is 0.291. The monoisotopic (exact) mass is 268 g/mol. The summed E-state index contributed by atoms with van der Waals surface area (Å²) in [4.78, 5) is 12.2. The molecule has 0 amide bonds. The van der Waals surface area contributed by atoms with E-state index in [0.29, 0.717) is 24.5 Å². The van der Waals surface area contributed by atoms with Crippen LogP contribution in [0.2, 0.25) is 0 Å². The molecule has 110 valence electrons. The summed E-state index contributed by atoms with van der Waals surface area (Å²) in [6.07, 6.45) is 4.46. The lowest BCUT2D eigenvalue weighted by atomic mass is 9.72. The zero-order chi connectivity index (χ0) is 14.1. The summed E-state index contributed by atoms with van der Waals surface area (Å²) in [7, 11) is 0. The summed E-state index contributed by atoms with van der Waals surface area (Å²) in [5, 5.41) is 0. The molecule has 2 aliphatic carbocycles. The Morgan fingerprint density at radius 3 is 2.58 bits per heavy atom. The minimum Gasteiger partial charge on any atom is -0.463 e. The van der Waals surface area contributed by atoms with Crippen molar-refractivity contribution in [2.45, 2.75) is 53.4 Å². The van der Waals surface area contributed by atoms with Gasteiger partial charge in [0.15, 0.2) is 0 Å². The molecule has 0 aromatic rings. The molecule has 3 atom stereocenters. The van der Waals surface area contributed by atoms with E-state index in [1.807, 2.05) is 0 Å². The van der Waals surface area contributed by atoms with Gasteiger partial charge in [0.1, 0.15) is 6.61 Å². The number of ether oxygens (including phenoxy) is 2. The fourth-order valence-electron chi connectivity index (χ4n) is 3.21. The van der Waals surface area contributed by atoms with Crippen molar-refractivity contribution in [1.29, 1.82) is 0 Å². The molecule has 2 rings (SSSR count). The Balaban J connectivity index is 1.68. The molecule has 2 saturated carbocycles. The number of fused-ring (bicyclic) bond motifs is 1. The average molecular weight is 268 g/mol. The molecule has 0 bridgehead atoms. The van der Waals surface area contributed by atoms with E-state index >= 15 is 0 Å². The highest BCUT2D eigenvalue weighted by molar-refractivity contribution is 5.76. The first kappa shape index (κ1) is 14.8. The van der Waals surface area contributed by atoms with Crippen molar-refractivity contribution < 1.29 is 14.3 Å². The second-order valence-electron chi connectivity index (χ2n) is 7.42. The second-order valence-corrected chi connectivity index (χ2v) is 7.42. The summed E-state index contributed by atoms with van der Waals surface area (Å²) in [6.45, 7) is 10.3. The maximum absolute atomic E-state index is 12.2. The van der Waals surface area contributed by atoms with Gasteiger partial charge in [0.25, 0.3) is 0 Å². The summed E-state index contributed by atoms with van der Waals surface area (Å²) < 4.78 is 10.8. The van der Waals surface area contributed by atoms with E-state index in [9.17, 15) is 4.79 Å². The van der Waals surface area contributed by atoms with Crippen LogP contribution in [0.15, 0.2) is 0 Å². The predicted molar refractivity (Wildman–Crippen MR) is 74.8 cm³/mol. The maximum Gasteiger partial charge on any atom is 0.311 e. The molecule has 0 heterocycles. The molecule has 2 fully saturated rings. The summed E-state index contributed by atoms with van der Waals surface area (Å²) in [6, 6.07) is 0. The van der Waals surface area contributed by atoms with Gasteiger partial charge in [-0.05, 0) is 49.9 Å². The van der Waals surface area contributed by atoms with Crippen LogP contribution in [0.1, 0.15) is 53.4 Å². The van der Waals surface area contributed by atoms with E-state index in [0.717, 1.165) is 25.4 Å².